The molecule has 3 fully saturated rings. The Kier molecular flexibility index (Phi) is 3.64. The van der Waals surface area contributed by atoms with E-state index in [0.29, 0.717) is 22.3 Å². The Bertz CT molecular complexity index is 900. The van der Waals surface area contributed by atoms with Crippen LogP contribution in [0.1, 0.15) is 18.4 Å². The molecule has 0 aliphatic carbocycles. The van der Waals surface area contributed by atoms with Crippen molar-refractivity contribution in [2.24, 2.45) is 11.8 Å². The second kappa shape index (κ2) is 5.81. The van der Waals surface area contributed by atoms with Crippen molar-refractivity contribution >= 4 is 40.7 Å². The summed E-state index contributed by atoms with van der Waals surface area (Å²) < 4.78 is 7.43. The molecular weight excluding hydrogens is 377 g/mol. The van der Waals surface area contributed by atoms with Crippen LogP contribution in [-0.2, 0) is 20.9 Å². The van der Waals surface area contributed by atoms with Crippen LogP contribution < -0.4 is 4.90 Å². The van der Waals surface area contributed by atoms with Gasteiger partial charge in [0.05, 0.1) is 52.5 Å². The predicted octanol–water partition coefficient (Wildman–Crippen LogP) is 2.91. The fourth-order valence-electron chi connectivity index (χ4n) is 4.35. The van der Waals surface area contributed by atoms with Gasteiger partial charge in [-0.3, -0.25) is 14.3 Å². The van der Waals surface area contributed by atoms with Crippen LogP contribution in [0.25, 0.3) is 0 Å². The molecule has 3 aliphatic heterocycles. The topological polar surface area (TPSA) is 64.4 Å². The first-order valence-corrected chi connectivity index (χ1v) is 9.28. The SMILES string of the molecule is O=C1C2C3CCC(O3)C2C(=O)N1c1cnn(Cc2ccc(Cl)c(Cl)c2)c1. The molecule has 1 aromatic heterocycles. The lowest BCUT2D eigenvalue weighted by molar-refractivity contribution is -0.124. The molecule has 2 aromatic rings. The van der Waals surface area contributed by atoms with Crippen LogP contribution in [0.3, 0.4) is 0 Å². The molecule has 134 valence electrons. The summed E-state index contributed by atoms with van der Waals surface area (Å²) in [5.41, 5.74) is 1.44. The molecule has 3 saturated heterocycles. The van der Waals surface area contributed by atoms with Crippen molar-refractivity contribution < 1.29 is 14.3 Å². The molecule has 1 aromatic carbocycles. The highest BCUT2D eigenvalue weighted by Gasteiger charge is 2.62. The van der Waals surface area contributed by atoms with Crippen LogP contribution in [0.5, 0.6) is 0 Å². The Balaban J connectivity index is 1.39. The predicted molar refractivity (Wildman–Crippen MR) is 95.2 cm³/mol. The third-order valence-electron chi connectivity index (χ3n) is 5.49. The van der Waals surface area contributed by atoms with Gasteiger partial charge in [-0.1, -0.05) is 29.3 Å². The van der Waals surface area contributed by atoms with Crippen molar-refractivity contribution in [3.63, 3.8) is 0 Å². The van der Waals surface area contributed by atoms with Crippen LogP contribution in [0.15, 0.2) is 30.6 Å². The van der Waals surface area contributed by atoms with Gasteiger partial charge in [-0.15, -0.1) is 0 Å². The Morgan fingerprint density at radius 2 is 1.77 bits per heavy atom. The molecule has 0 N–H and O–H groups in total. The van der Waals surface area contributed by atoms with E-state index in [1.165, 1.54) is 4.90 Å². The van der Waals surface area contributed by atoms with Gasteiger partial charge in [-0.2, -0.15) is 5.10 Å². The normalized spacial score (nSPS) is 29.7. The van der Waals surface area contributed by atoms with E-state index >= 15 is 0 Å². The number of anilines is 1. The highest BCUT2D eigenvalue weighted by Crippen LogP contribution is 2.49. The van der Waals surface area contributed by atoms with Crippen LogP contribution in [0, 0.1) is 11.8 Å². The summed E-state index contributed by atoms with van der Waals surface area (Å²) in [6.07, 6.45) is 4.75. The molecule has 3 aliphatic rings. The number of carbonyl (C=O) groups excluding carboxylic acids is 2. The van der Waals surface area contributed by atoms with Crippen LogP contribution in [0.4, 0.5) is 5.69 Å². The first-order valence-electron chi connectivity index (χ1n) is 8.52. The smallest absolute Gasteiger partial charge is 0.240 e. The first-order chi connectivity index (χ1) is 12.5. The third kappa shape index (κ3) is 2.32. The lowest BCUT2D eigenvalue weighted by Crippen LogP contribution is -2.33. The number of hydrogen-bond donors (Lipinski definition) is 0. The van der Waals surface area contributed by atoms with E-state index in [0.717, 1.165) is 18.4 Å². The highest BCUT2D eigenvalue weighted by molar-refractivity contribution is 6.42. The second-order valence-corrected chi connectivity index (χ2v) is 7.81. The Hall–Kier alpha value is -1.89. The standard InChI is InChI=1S/C18H15Cl2N3O3/c19-11-2-1-9(5-12(11)20)7-22-8-10(6-21-22)23-17(24)15-13-3-4-14(26-13)16(15)18(23)25/h1-2,5-6,8,13-16H,3-4,7H2. The maximum atomic E-state index is 12.8. The minimum atomic E-state index is -0.334. The third-order valence-corrected chi connectivity index (χ3v) is 6.23. The summed E-state index contributed by atoms with van der Waals surface area (Å²) in [7, 11) is 0. The monoisotopic (exact) mass is 391 g/mol. The van der Waals surface area contributed by atoms with Gasteiger partial charge >= 0.3 is 0 Å². The van der Waals surface area contributed by atoms with E-state index in [4.69, 9.17) is 27.9 Å². The zero-order valence-corrected chi connectivity index (χ0v) is 15.2. The van der Waals surface area contributed by atoms with Gasteiger partial charge in [0.15, 0.2) is 0 Å². The molecule has 0 radical (unpaired) electrons. The van der Waals surface area contributed by atoms with Gasteiger partial charge in [0, 0.05) is 6.20 Å². The largest absolute Gasteiger partial charge is 0.373 e. The number of amides is 2. The maximum Gasteiger partial charge on any atom is 0.240 e. The van der Waals surface area contributed by atoms with Crippen molar-refractivity contribution in [3.05, 3.63) is 46.2 Å². The quantitative estimate of drug-likeness (QED) is 0.754. The van der Waals surface area contributed by atoms with E-state index < -0.39 is 0 Å². The lowest BCUT2D eigenvalue weighted by Gasteiger charge is -2.15. The molecular formula is C18H15Cl2N3O3. The van der Waals surface area contributed by atoms with Gasteiger partial charge in [0.1, 0.15) is 0 Å². The summed E-state index contributed by atoms with van der Waals surface area (Å²) in [5, 5.41) is 5.26. The number of imide groups is 1. The van der Waals surface area contributed by atoms with Gasteiger partial charge < -0.3 is 4.74 Å². The molecule has 4 heterocycles. The fraction of sp³-hybridized carbons (Fsp3) is 0.389. The molecule has 0 saturated carbocycles. The van der Waals surface area contributed by atoms with E-state index in [2.05, 4.69) is 5.10 Å². The Labute approximate surface area is 159 Å². The number of hydrogen-bond acceptors (Lipinski definition) is 4. The van der Waals surface area contributed by atoms with Crippen molar-refractivity contribution in [1.82, 2.24) is 9.78 Å². The summed E-state index contributed by atoms with van der Waals surface area (Å²) in [6.45, 7) is 0.467. The molecule has 5 rings (SSSR count). The summed E-state index contributed by atoms with van der Waals surface area (Å²) in [5.74, 6) is -0.998. The van der Waals surface area contributed by atoms with Gasteiger partial charge in [0.2, 0.25) is 11.8 Å². The Morgan fingerprint density at radius 3 is 2.42 bits per heavy atom. The number of carbonyl (C=O) groups is 2. The molecule has 4 atom stereocenters. The molecule has 8 heteroatoms. The van der Waals surface area contributed by atoms with Crippen molar-refractivity contribution in [2.75, 3.05) is 4.90 Å². The van der Waals surface area contributed by atoms with Crippen LogP contribution in [0.2, 0.25) is 10.0 Å². The number of nitrogens with zero attached hydrogens (tertiary/aromatic N) is 3. The summed E-state index contributed by atoms with van der Waals surface area (Å²) in [6, 6.07) is 5.37. The van der Waals surface area contributed by atoms with E-state index in [9.17, 15) is 9.59 Å². The van der Waals surface area contributed by atoms with Crippen molar-refractivity contribution in [3.8, 4) is 0 Å². The summed E-state index contributed by atoms with van der Waals surface area (Å²) in [4.78, 5) is 26.9. The molecule has 2 amide bonds. The second-order valence-electron chi connectivity index (χ2n) is 7.00. The number of ether oxygens (including phenoxy) is 1. The van der Waals surface area contributed by atoms with E-state index in [1.807, 2.05) is 6.07 Å². The average Bonchev–Trinajstić information content (AvgIpc) is 3.36. The van der Waals surface area contributed by atoms with E-state index in [1.54, 1.807) is 29.2 Å². The minimum absolute atomic E-state index is 0.113. The number of rotatable bonds is 3. The average molecular weight is 392 g/mol. The summed E-state index contributed by atoms with van der Waals surface area (Å²) >= 11 is 12.0. The number of fused-ring (bicyclic) bond motifs is 5. The molecule has 26 heavy (non-hydrogen) atoms. The number of halogens is 2. The van der Waals surface area contributed by atoms with Crippen LogP contribution in [-0.4, -0.2) is 33.8 Å². The van der Waals surface area contributed by atoms with Crippen LogP contribution >= 0.6 is 23.2 Å². The zero-order chi connectivity index (χ0) is 18.0. The molecule has 6 nitrogen and oxygen atoms in total. The number of aromatic nitrogens is 2. The Morgan fingerprint density at radius 1 is 1.08 bits per heavy atom. The van der Waals surface area contributed by atoms with Gasteiger partial charge in [-0.05, 0) is 30.5 Å². The minimum Gasteiger partial charge on any atom is -0.373 e. The lowest BCUT2D eigenvalue weighted by atomic mass is 9.81. The number of benzene rings is 1. The maximum absolute atomic E-state index is 12.8. The van der Waals surface area contributed by atoms with E-state index in [-0.39, 0.29) is 35.9 Å². The molecule has 2 bridgehead atoms. The van der Waals surface area contributed by atoms with Gasteiger partial charge in [0.25, 0.3) is 0 Å². The highest BCUT2D eigenvalue weighted by atomic mass is 35.5. The first kappa shape index (κ1) is 16.3. The molecule has 4 unspecified atom stereocenters. The van der Waals surface area contributed by atoms with Crippen molar-refractivity contribution in [2.45, 2.75) is 31.6 Å². The molecule has 0 spiro atoms. The van der Waals surface area contributed by atoms with Crippen molar-refractivity contribution in [1.29, 1.82) is 0 Å². The van der Waals surface area contributed by atoms with Gasteiger partial charge in [-0.25, -0.2) is 4.90 Å². The fourth-order valence-corrected chi connectivity index (χ4v) is 4.67. The zero-order valence-electron chi connectivity index (χ0n) is 13.6.